The predicted molar refractivity (Wildman–Crippen MR) is 103 cm³/mol. The minimum absolute atomic E-state index is 0.0196. The number of hydrogen-bond acceptors (Lipinski definition) is 4. The summed E-state index contributed by atoms with van der Waals surface area (Å²) in [5.41, 5.74) is 2.76. The maximum Gasteiger partial charge on any atom is 0.227 e. The van der Waals surface area contributed by atoms with Gasteiger partial charge in [-0.25, -0.2) is 0 Å². The Hall–Kier alpha value is -2.10. The van der Waals surface area contributed by atoms with Crippen molar-refractivity contribution in [2.24, 2.45) is 11.3 Å². The molecule has 2 rings (SSSR count). The highest BCUT2D eigenvalue weighted by molar-refractivity contribution is 6.20. The predicted octanol–water partition coefficient (Wildman–Crippen LogP) is 4.98. The van der Waals surface area contributed by atoms with Crippen LogP contribution in [0.2, 0.25) is 0 Å². The lowest BCUT2D eigenvalue weighted by atomic mass is 9.65. The average molecular weight is 358 g/mol. The van der Waals surface area contributed by atoms with Gasteiger partial charge in [-0.05, 0) is 50.4 Å². The molecule has 0 spiro atoms. The van der Waals surface area contributed by atoms with Gasteiger partial charge in [0.15, 0.2) is 11.5 Å². The van der Waals surface area contributed by atoms with E-state index >= 15 is 0 Å². The Morgan fingerprint density at radius 3 is 2.81 bits per heavy atom. The third-order valence-electron chi connectivity index (χ3n) is 5.96. The van der Waals surface area contributed by atoms with Crippen molar-refractivity contribution in [1.29, 1.82) is 0 Å². The second-order valence-electron chi connectivity index (χ2n) is 7.87. The van der Waals surface area contributed by atoms with Gasteiger partial charge in [-0.1, -0.05) is 44.1 Å². The summed E-state index contributed by atoms with van der Waals surface area (Å²) in [6.07, 6.45) is 8.76. The highest BCUT2D eigenvalue weighted by Crippen LogP contribution is 2.46. The number of methoxy groups -OCH3 is 1. The zero-order chi connectivity index (χ0) is 19.5. The zero-order valence-corrected chi connectivity index (χ0v) is 16.4. The number of hydrogen-bond donors (Lipinski definition) is 1. The molecule has 0 aromatic rings. The summed E-state index contributed by atoms with van der Waals surface area (Å²) in [6.45, 7) is 10.9. The van der Waals surface area contributed by atoms with E-state index in [9.17, 15) is 14.7 Å². The van der Waals surface area contributed by atoms with Crippen LogP contribution in [0.25, 0.3) is 0 Å². The van der Waals surface area contributed by atoms with Crippen molar-refractivity contribution >= 4 is 11.6 Å². The first-order valence-electron chi connectivity index (χ1n) is 9.31. The van der Waals surface area contributed by atoms with Crippen LogP contribution in [-0.4, -0.2) is 23.8 Å². The SMILES string of the molecule is C=C1[C@@H](C)CCC[C@@]1(C)CC/C(C)=C/CC1=C(O)C(=O)C=C(OC)C1=O. The second kappa shape index (κ2) is 8.07. The van der Waals surface area contributed by atoms with Crippen LogP contribution >= 0.6 is 0 Å². The van der Waals surface area contributed by atoms with Gasteiger partial charge in [0.25, 0.3) is 0 Å². The molecular formula is C22H30O4. The van der Waals surface area contributed by atoms with Crippen LogP contribution in [0.4, 0.5) is 0 Å². The number of ether oxygens (including phenoxy) is 1. The minimum atomic E-state index is -0.581. The van der Waals surface area contributed by atoms with Crippen LogP contribution < -0.4 is 0 Å². The summed E-state index contributed by atoms with van der Waals surface area (Å²) in [6, 6.07) is 0. The van der Waals surface area contributed by atoms with E-state index in [-0.39, 0.29) is 23.2 Å². The Bertz CT molecular complexity index is 708. The lowest BCUT2D eigenvalue weighted by Crippen LogP contribution is -2.27. The quantitative estimate of drug-likeness (QED) is 0.537. The molecule has 0 heterocycles. The van der Waals surface area contributed by atoms with Crippen LogP contribution in [0.3, 0.4) is 0 Å². The number of ketones is 2. The second-order valence-corrected chi connectivity index (χ2v) is 7.87. The largest absolute Gasteiger partial charge is 0.504 e. The highest BCUT2D eigenvalue weighted by atomic mass is 16.5. The summed E-state index contributed by atoms with van der Waals surface area (Å²) in [4.78, 5) is 24.0. The van der Waals surface area contributed by atoms with E-state index in [1.54, 1.807) is 0 Å². The number of carbonyl (C=O) groups excluding carboxylic acids is 2. The normalized spacial score (nSPS) is 27.7. The number of Topliss-reactive ketones (excluding diaryl/α,β-unsaturated/α-hetero) is 1. The van der Waals surface area contributed by atoms with Crippen molar-refractivity contribution in [3.8, 4) is 0 Å². The maximum atomic E-state index is 12.3. The van der Waals surface area contributed by atoms with Crippen LogP contribution in [-0.2, 0) is 14.3 Å². The smallest absolute Gasteiger partial charge is 0.227 e. The Morgan fingerprint density at radius 1 is 1.46 bits per heavy atom. The maximum absolute atomic E-state index is 12.3. The molecule has 0 saturated heterocycles. The molecule has 0 radical (unpaired) electrons. The van der Waals surface area contributed by atoms with E-state index in [2.05, 4.69) is 20.4 Å². The topological polar surface area (TPSA) is 63.6 Å². The van der Waals surface area contributed by atoms with E-state index in [0.29, 0.717) is 5.92 Å². The van der Waals surface area contributed by atoms with Gasteiger partial charge in [-0.2, -0.15) is 0 Å². The lowest BCUT2D eigenvalue weighted by Gasteiger charge is -2.40. The molecule has 26 heavy (non-hydrogen) atoms. The molecule has 0 amide bonds. The molecule has 0 unspecified atom stereocenters. The van der Waals surface area contributed by atoms with Crippen molar-refractivity contribution in [1.82, 2.24) is 0 Å². The van der Waals surface area contributed by atoms with E-state index in [0.717, 1.165) is 24.5 Å². The Labute approximate surface area is 156 Å². The van der Waals surface area contributed by atoms with E-state index in [1.165, 1.54) is 31.9 Å². The molecular weight excluding hydrogens is 328 g/mol. The molecule has 1 N–H and O–H groups in total. The van der Waals surface area contributed by atoms with Gasteiger partial charge in [0.2, 0.25) is 11.6 Å². The third-order valence-corrected chi connectivity index (χ3v) is 5.96. The summed E-state index contributed by atoms with van der Waals surface area (Å²) >= 11 is 0. The molecule has 2 aliphatic carbocycles. The van der Waals surface area contributed by atoms with Gasteiger partial charge in [0.1, 0.15) is 0 Å². The fourth-order valence-corrected chi connectivity index (χ4v) is 3.86. The van der Waals surface area contributed by atoms with Crippen molar-refractivity contribution in [2.75, 3.05) is 7.11 Å². The molecule has 0 aromatic carbocycles. The van der Waals surface area contributed by atoms with Crippen LogP contribution in [0.15, 0.2) is 47.0 Å². The molecule has 4 nitrogen and oxygen atoms in total. The van der Waals surface area contributed by atoms with Crippen molar-refractivity contribution in [3.05, 3.63) is 47.0 Å². The van der Waals surface area contributed by atoms with Crippen LogP contribution in [0.5, 0.6) is 0 Å². The first-order chi connectivity index (χ1) is 12.2. The van der Waals surface area contributed by atoms with Crippen molar-refractivity contribution in [2.45, 2.75) is 59.3 Å². The molecule has 0 aliphatic heterocycles. The first-order valence-corrected chi connectivity index (χ1v) is 9.31. The number of allylic oxidation sites excluding steroid dienone is 5. The highest BCUT2D eigenvalue weighted by Gasteiger charge is 2.33. The van der Waals surface area contributed by atoms with Gasteiger partial charge in [0.05, 0.1) is 12.7 Å². The van der Waals surface area contributed by atoms with Gasteiger partial charge in [-0.3, -0.25) is 9.59 Å². The molecule has 2 atom stereocenters. The molecule has 0 aromatic heterocycles. The van der Waals surface area contributed by atoms with E-state index in [1.807, 2.05) is 13.0 Å². The van der Waals surface area contributed by atoms with Crippen molar-refractivity contribution < 1.29 is 19.4 Å². The zero-order valence-electron chi connectivity index (χ0n) is 16.4. The summed E-state index contributed by atoms with van der Waals surface area (Å²) < 4.78 is 4.94. The molecule has 0 bridgehead atoms. The summed E-state index contributed by atoms with van der Waals surface area (Å²) in [5, 5.41) is 9.94. The third kappa shape index (κ3) is 4.17. The van der Waals surface area contributed by atoms with Crippen LogP contribution in [0, 0.1) is 11.3 Å². The van der Waals surface area contributed by atoms with Gasteiger partial charge >= 0.3 is 0 Å². The standard InChI is InChI=1S/C22H30O4/c1-14(10-12-22(4)11-6-7-15(2)16(22)3)8-9-17-20(24)18(23)13-19(26-5)21(17)25/h8,13,15,24H,3,6-7,9-12H2,1-2,4-5H3/b14-8+/t15-,22-/m0/s1. The lowest BCUT2D eigenvalue weighted by molar-refractivity contribution is -0.119. The average Bonchev–Trinajstić information content (AvgIpc) is 2.61. The van der Waals surface area contributed by atoms with Gasteiger partial charge in [0, 0.05) is 6.08 Å². The number of aliphatic hydroxyl groups is 1. The molecule has 1 fully saturated rings. The molecule has 4 heteroatoms. The monoisotopic (exact) mass is 358 g/mol. The number of carbonyl (C=O) groups is 2. The fraction of sp³-hybridized carbons (Fsp3) is 0.545. The first kappa shape index (κ1) is 20.2. The molecule has 1 saturated carbocycles. The Balaban J connectivity index is 2.02. The Kier molecular flexibility index (Phi) is 6.27. The summed E-state index contributed by atoms with van der Waals surface area (Å²) in [7, 11) is 1.34. The van der Waals surface area contributed by atoms with Gasteiger partial charge < -0.3 is 9.84 Å². The fourth-order valence-electron chi connectivity index (χ4n) is 3.86. The Morgan fingerprint density at radius 2 is 2.15 bits per heavy atom. The van der Waals surface area contributed by atoms with E-state index < -0.39 is 17.3 Å². The number of rotatable bonds is 6. The summed E-state index contributed by atoms with van der Waals surface area (Å²) in [5.74, 6) is -0.919. The molecule has 142 valence electrons. The van der Waals surface area contributed by atoms with Crippen LogP contribution in [0.1, 0.15) is 59.3 Å². The van der Waals surface area contributed by atoms with E-state index in [4.69, 9.17) is 4.74 Å². The minimum Gasteiger partial charge on any atom is -0.504 e. The molecule has 2 aliphatic rings. The van der Waals surface area contributed by atoms with Crippen molar-refractivity contribution in [3.63, 3.8) is 0 Å². The van der Waals surface area contributed by atoms with Gasteiger partial charge in [-0.15, -0.1) is 0 Å². The number of aliphatic hydroxyl groups excluding tert-OH is 1.